The Morgan fingerprint density at radius 1 is 0.571 bits per heavy atom. The van der Waals surface area contributed by atoms with Crippen molar-refractivity contribution in [1.29, 1.82) is 0 Å². The van der Waals surface area contributed by atoms with Crippen LogP contribution in [0.2, 0.25) is 0 Å². The third kappa shape index (κ3) is 28.2. The van der Waals surface area contributed by atoms with E-state index in [-0.39, 0.29) is 71.0 Å². The first-order valence-electron chi connectivity index (χ1n) is 23.4. The Balaban J connectivity index is 1.79. The molecule has 0 aliphatic heterocycles. The summed E-state index contributed by atoms with van der Waals surface area (Å²) < 4.78 is 26.9. The number of carbonyl (C=O) groups is 8. The van der Waals surface area contributed by atoms with Crippen LogP contribution in [0.25, 0.3) is 0 Å². The van der Waals surface area contributed by atoms with Gasteiger partial charge in [0.25, 0.3) is 5.91 Å². The van der Waals surface area contributed by atoms with Gasteiger partial charge in [0.2, 0.25) is 23.6 Å². The largest absolute Gasteiger partial charge is 0.459 e. The number of ether oxygens (including phenoxy) is 5. The summed E-state index contributed by atoms with van der Waals surface area (Å²) >= 11 is 0. The maximum atomic E-state index is 13.4. The van der Waals surface area contributed by atoms with Gasteiger partial charge in [-0.05, 0) is 131 Å². The van der Waals surface area contributed by atoms with E-state index in [1.807, 2.05) is 18.2 Å². The molecule has 2 rings (SSSR count). The molecule has 388 valence electrons. The Labute approximate surface area is 411 Å². The number of anilines is 1. The lowest BCUT2D eigenvalue weighted by Gasteiger charge is -2.25. The van der Waals surface area contributed by atoms with Crippen molar-refractivity contribution in [3.05, 3.63) is 78.1 Å². The van der Waals surface area contributed by atoms with E-state index in [0.29, 0.717) is 36.3 Å². The highest BCUT2D eigenvalue weighted by molar-refractivity contribution is 5.95. The average molecular weight is 982 g/mol. The minimum atomic E-state index is -1.13. The monoisotopic (exact) mass is 982 g/mol. The molecule has 1 aliphatic carbocycles. The third-order valence-electron chi connectivity index (χ3n) is 9.17. The molecule has 0 heterocycles. The predicted octanol–water partition coefficient (Wildman–Crippen LogP) is 4.31. The number of hydrogen-bond donors (Lipinski definition) is 7. The van der Waals surface area contributed by atoms with Gasteiger partial charge in [0, 0.05) is 42.9 Å². The minimum absolute atomic E-state index is 0.0156. The van der Waals surface area contributed by atoms with Gasteiger partial charge >= 0.3 is 18.0 Å². The zero-order valence-corrected chi connectivity index (χ0v) is 42.2. The van der Waals surface area contributed by atoms with Gasteiger partial charge in [-0.15, -0.1) is 0 Å². The quantitative estimate of drug-likeness (QED) is 0.0368. The molecule has 3 atom stereocenters. The number of benzene rings is 1. The fraction of sp³-hybridized carbons (Fsp3) is 0.560. The van der Waals surface area contributed by atoms with Crippen molar-refractivity contribution in [2.45, 2.75) is 142 Å². The molecule has 6 amide bonds. The van der Waals surface area contributed by atoms with Gasteiger partial charge in [-0.3, -0.25) is 34.1 Å². The molecule has 1 aliphatic rings. The van der Waals surface area contributed by atoms with Crippen molar-refractivity contribution in [1.82, 2.24) is 26.6 Å². The summed E-state index contributed by atoms with van der Waals surface area (Å²) in [4.78, 5) is 102. The lowest BCUT2D eigenvalue weighted by molar-refractivity contribution is -0.159. The van der Waals surface area contributed by atoms with Gasteiger partial charge in [-0.2, -0.15) is 0 Å². The van der Waals surface area contributed by atoms with Crippen LogP contribution < -0.4 is 37.6 Å². The number of esters is 2. The number of nitrogens with one attached hydrogen (secondary N) is 6. The first kappa shape index (κ1) is 59.7. The van der Waals surface area contributed by atoms with Crippen molar-refractivity contribution in [2.24, 2.45) is 5.73 Å². The smallest absolute Gasteiger partial charge is 0.412 e. The van der Waals surface area contributed by atoms with E-state index >= 15 is 0 Å². The van der Waals surface area contributed by atoms with Crippen molar-refractivity contribution < 1.29 is 62.0 Å². The highest BCUT2D eigenvalue weighted by Gasteiger charge is 2.29. The molecule has 0 bridgehead atoms. The van der Waals surface area contributed by atoms with E-state index < -0.39 is 76.6 Å². The average Bonchev–Trinajstić information content (AvgIpc) is 3.23. The second-order valence-corrected chi connectivity index (χ2v) is 19.2. The fourth-order valence-electron chi connectivity index (χ4n) is 5.97. The summed E-state index contributed by atoms with van der Waals surface area (Å²) in [5, 5.41) is 16.3. The van der Waals surface area contributed by atoms with Crippen LogP contribution in [-0.4, -0.2) is 122 Å². The van der Waals surface area contributed by atoms with Gasteiger partial charge in [-0.25, -0.2) is 9.59 Å². The van der Waals surface area contributed by atoms with Gasteiger partial charge in [0.1, 0.15) is 41.5 Å². The van der Waals surface area contributed by atoms with Gasteiger partial charge in [-0.1, -0.05) is 30.4 Å². The summed E-state index contributed by atoms with van der Waals surface area (Å²) in [5.74, 6) is -3.58. The van der Waals surface area contributed by atoms with Gasteiger partial charge in [0.05, 0.1) is 19.8 Å². The first-order chi connectivity index (χ1) is 32.8. The van der Waals surface area contributed by atoms with Crippen molar-refractivity contribution in [3.63, 3.8) is 0 Å². The second kappa shape index (κ2) is 30.3. The zero-order valence-electron chi connectivity index (χ0n) is 42.2. The summed E-state index contributed by atoms with van der Waals surface area (Å²) in [6.07, 6.45) is 12.8. The van der Waals surface area contributed by atoms with E-state index in [4.69, 9.17) is 29.4 Å². The minimum Gasteiger partial charge on any atom is -0.459 e. The number of hydrogen-bond acceptors (Lipinski definition) is 14. The maximum Gasteiger partial charge on any atom is 0.412 e. The standard InChI is InChI=1S/C50H75N7O13/c1-48(2,3)68-45(63)37(51)24-26-41(59)57-39(46(64)69-49(4,5)6)25-27-40(58)52-29-30-66-31-32-67-33-42(60)56-38(44(62)54-35-17-13-11-10-12-14-18-35)19-15-16-28-53-43(61)34-20-22-36(23-21-34)55-47(65)70-50(7,8)9/h10-14,17-18,20-23,37-39H,15-16,19,24-33,51H2,1-9H3,(H,52,58)(H,53,61)(H,54,62)(H,55,65)(H,56,60)(H,57,59)/b11-10-,12-10?,13-11?,14-12-,17-13-,18-14?,35-17?,35-18+/t37-,38-,39-/m0/s1. The molecule has 0 radical (unpaired) electrons. The topological polar surface area (TPSA) is 281 Å². The van der Waals surface area contributed by atoms with Crippen LogP contribution in [0.4, 0.5) is 10.5 Å². The van der Waals surface area contributed by atoms with Crippen molar-refractivity contribution in [2.75, 3.05) is 44.8 Å². The molecule has 20 heteroatoms. The molecular formula is C50H75N7O13. The first-order valence-corrected chi connectivity index (χ1v) is 23.4. The molecule has 1 aromatic rings. The molecule has 70 heavy (non-hydrogen) atoms. The molecule has 0 spiro atoms. The van der Waals surface area contributed by atoms with E-state index in [1.165, 1.54) is 0 Å². The third-order valence-corrected chi connectivity index (χ3v) is 9.17. The van der Waals surface area contributed by atoms with Crippen molar-refractivity contribution in [3.8, 4) is 0 Å². The van der Waals surface area contributed by atoms with Crippen LogP contribution in [0.5, 0.6) is 0 Å². The number of amides is 6. The summed E-state index contributed by atoms with van der Waals surface area (Å²) in [5.41, 5.74) is 5.04. The number of nitrogens with two attached hydrogens (primary N) is 1. The predicted molar refractivity (Wildman–Crippen MR) is 263 cm³/mol. The molecule has 0 fully saturated rings. The normalized spacial score (nSPS) is 15.9. The maximum absolute atomic E-state index is 13.4. The lowest BCUT2D eigenvalue weighted by Crippen LogP contribution is -2.47. The molecule has 0 aromatic heterocycles. The van der Waals surface area contributed by atoms with Gasteiger partial charge < -0.3 is 56.0 Å². The fourth-order valence-corrected chi connectivity index (χ4v) is 5.97. The number of rotatable bonds is 27. The Morgan fingerprint density at radius 3 is 1.84 bits per heavy atom. The second-order valence-electron chi connectivity index (χ2n) is 19.2. The molecule has 1 aromatic carbocycles. The van der Waals surface area contributed by atoms with Crippen LogP contribution in [0.3, 0.4) is 0 Å². The van der Waals surface area contributed by atoms with E-state index in [9.17, 15) is 38.4 Å². The molecule has 8 N–H and O–H groups in total. The lowest BCUT2D eigenvalue weighted by atomic mass is 10.1. The van der Waals surface area contributed by atoms with Gasteiger partial charge in [0.15, 0.2) is 0 Å². The van der Waals surface area contributed by atoms with Crippen LogP contribution >= 0.6 is 0 Å². The highest BCUT2D eigenvalue weighted by atomic mass is 16.6. The molecule has 0 unspecified atom stereocenters. The zero-order chi connectivity index (χ0) is 52.3. The van der Waals surface area contributed by atoms with Crippen LogP contribution in [0.1, 0.15) is 118 Å². The Morgan fingerprint density at radius 2 is 1.17 bits per heavy atom. The van der Waals surface area contributed by atoms with E-state index in [1.54, 1.807) is 111 Å². The number of unbranched alkanes of at least 4 members (excludes halogenated alkanes) is 1. The number of allylic oxidation sites excluding steroid dienone is 7. The highest BCUT2D eigenvalue weighted by Crippen LogP contribution is 2.15. The molecule has 20 nitrogen and oxygen atoms in total. The van der Waals surface area contributed by atoms with Crippen LogP contribution in [0.15, 0.2) is 72.5 Å². The summed E-state index contributed by atoms with van der Waals surface area (Å²) in [7, 11) is 0. The Kier molecular flexibility index (Phi) is 25.8. The van der Waals surface area contributed by atoms with E-state index in [0.717, 1.165) is 0 Å². The molecule has 0 saturated heterocycles. The molecule has 0 saturated carbocycles. The van der Waals surface area contributed by atoms with Crippen molar-refractivity contribution >= 4 is 53.3 Å². The van der Waals surface area contributed by atoms with Crippen LogP contribution in [0, 0.1) is 0 Å². The van der Waals surface area contributed by atoms with Crippen LogP contribution in [-0.2, 0) is 52.5 Å². The summed E-state index contributed by atoms with van der Waals surface area (Å²) in [6, 6.07) is 3.27. The Bertz CT molecular complexity index is 2030. The SMILES string of the molecule is CC(C)(C)OC(=O)Nc1ccc(C(=O)NCCCC[C@H](NC(=O)COCCOCCNC(=O)CC[C@H](NC(=O)CC[C@H](N)C(=O)OC(C)(C)C)C(=O)OC(C)(C)C)C(=O)NC2=C/C=C\C=C/C=C\2)cc1. The molecular weight excluding hydrogens is 907 g/mol. The van der Waals surface area contributed by atoms with E-state index in [2.05, 4.69) is 31.9 Å². The Hall–Kier alpha value is -6.38. The number of carbonyl (C=O) groups excluding carboxylic acids is 8. The summed E-state index contributed by atoms with van der Waals surface area (Å²) in [6.45, 7) is 15.7.